The molecule has 0 unspecified atom stereocenters. The molecule has 0 aromatic carbocycles. The van der Waals surface area contributed by atoms with Crippen LogP contribution in [0.4, 0.5) is 0 Å². The molecule has 0 aliphatic carbocycles. The molecule has 18 heavy (non-hydrogen) atoms. The fraction of sp³-hybridized carbons (Fsp3) is 0.500. The van der Waals surface area contributed by atoms with E-state index < -0.39 is 0 Å². The summed E-state index contributed by atoms with van der Waals surface area (Å²) in [5, 5.41) is 6.11. The summed E-state index contributed by atoms with van der Waals surface area (Å²) in [4.78, 5) is 15.8. The molecule has 1 aromatic heterocycles. The van der Waals surface area contributed by atoms with Crippen LogP contribution in [0.25, 0.3) is 0 Å². The summed E-state index contributed by atoms with van der Waals surface area (Å²) in [6.07, 6.45) is 4.61. The average Bonchev–Trinajstić information content (AvgIpc) is 2.84. The van der Waals surface area contributed by atoms with Gasteiger partial charge in [0, 0.05) is 24.9 Å². The van der Waals surface area contributed by atoms with Gasteiger partial charge >= 0.3 is 0 Å². The first-order chi connectivity index (χ1) is 7.86. The number of carbonyl (C=O) groups is 1. The molecular weight excluding hydrogens is 273 g/mol. The Kier molecular flexibility index (Phi) is 8.71. The molecule has 0 spiro atoms. The minimum absolute atomic E-state index is 0. The van der Waals surface area contributed by atoms with Gasteiger partial charge in [-0.1, -0.05) is 6.07 Å². The number of carbonyl (C=O) groups excluding carboxylic acids is 1. The predicted octanol–water partition coefficient (Wildman–Crippen LogP) is 1.34. The van der Waals surface area contributed by atoms with E-state index in [9.17, 15) is 4.79 Å². The molecule has 1 aliphatic rings. The van der Waals surface area contributed by atoms with Crippen LogP contribution in [0.1, 0.15) is 18.5 Å². The molecule has 1 fully saturated rings. The third kappa shape index (κ3) is 5.21. The molecular formula is C12H19Cl2N3O. The maximum atomic E-state index is 11.6. The summed E-state index contributed by atoms with van der Waals surface area (Å²) in [6, 6.07) is 5.84. The van der Waals surface area contributed by atoms with Gasteiger partial charge in [-0.3, -0.25) is 9.78 Å². The van der Waals surface area contributed by atoms with E-state index >= 15 is 0 Å². The molecule has 1 atom stereocenters. The van der Waals surface area contributed by atoms with Crippen molar-refractivity contribution >= 4 is 30.7 Å². The second-order valence-electron chi connectivity index (χ2n) is 4.01. The van der Waals surface area contributed by atoms with Crippen molar-refractivity contribution in [3.8, 4) is 0 Å². The van der Waals surface area contributed by atoms with Gasteiger partial charge in [-0.25, -0.2) is 0 Å². The summed E-state index contributed by atoms with van der Waals surface area (Å²) in [5.74, 6) is 0.119. The molecule has 0 saturated carbocycles. The number of pyridine rings is 1. The molecule has 1 saturated heterocycles. The van der Waals surface area contributed by atoms with Gasteiger partial charge in [-0.2, -0.15) is 0 Å². The lowest BCUT2D eigenvalue weighted by atomic mass is 10.2. The molecule has 0 radical (unpaired) electrons. The van der Waals surface area contributed by atoms with Gasteiger partial charge in [-0.15, -0.1) is 24.8 Å². The molecule has 0 bridgehead atoms. The van der Waals surface area contributed by atoms with Gasteiger partial charge < -0.3 is 10.6 Å². The fourth-order valence-corrected chi connectivity index (χ4v) is 1.89. The van der Waals surface area contributed by atoms with Crippen LogP contribution in [-0.4, -0.2) is 30.0 Å². The highest BCUT2D eigenvalue weighted by molar-refractivity contribution is 5.85. The van der Waals surface area contributed by atoms with Gasteiger partial charge in [0.25, 0.3) is 0 Å². The minimum Gasteiger partial charge on any atom is -0.354 e. The highest BCUT2D eigenvalue weighted by atomic mass is 35.5. The first-order valence-electron chi connectivity index (χ1n) is 5.77. The maximum Gasteiger partial charge on any atom is 0.237 e. The largest absolute Gasteiger partial charge is 0.354 e. The number of nitrogens with zero attached hydrogens (tertiary/aromatic N) is 1. The standard InChI is InChI=1S/C12H17N3O.2ClH/c16-12(11-5-3-8-14-11)15-9-6-10-4-1-2-7-13-10;;/h1-2,4,7,11,14H,3,5-6,8-9H2,(H,15,16);2*1H/t11-;;/m0../s1. The lowest BCUT2D eigenvalue weighted by molar-refractivity contribution is -0.122. The van der Waals surface area contributed by atoms with Gasteiger partial charge in [0.15, 0.2) is 0 Å². The molecule has 2 N–H and O–H groups in total. The molecule has 1 aliphatic heterocycles. The Morgan fingerprint density at radius 2 is 2.28 bits per heavy atom. The van der Waals surface area contributed by atoms with Gasteiger partial charge in [0.2, 0.25) is 5.91 Å². The summed E-state index contributed by atoms with van der Waals surface area (Å²) in [5.41, 5.74) is 1.02. The molecule has 4 nitrogen and oxygen atoms in total. The van der Waals surface area contributed by atoms with Crippen molar-refractivity contribution in [2.24, 2.45) is 0 Å². The summed E-state index contributed by atoms with van der Waals surface area (Å²) < 4.78 is 0. The summed E-state index contributed by atoms with van der Waals surface area (Å²) in [7, 11) is 0. The number of nitrogens with one attached hydrogen (secondary N) is 2. The van der Waals surface area contributed by atoms with Crippen molar-refractivity contribution in [1.82, 2.24) is 15.6 Å². The smallest absolute Gasteiger partial charge is 0.237 e. The maximum absolute atomic E-state index is 11.6. The monoisotopic (exact) mass is 291 g/mol. The summed E-state index contributed by atoms with van der Waals surface area (Å²) in [6.45, 7) is 1.62. The first-order valence-corrected chi connectivity index (χ1v) is 5.77. The van der Waals surface area contributed by atoms with Crippen LogP contribution in [0.2, 0.25) is 0 Å². The molecule has 2 heterocycles. The van der Waals surface area contributed by atoms with Gasteiger partial charge in [-0.05, 0) is 31.5 Å². The van der Waals surface area contributed by atoms with E-state index in [0.29, 0.717) is 6.54 Å². The second kappa shape index (κ2) is 9.14. The third-order valence-electron chi connectivity index (χ3n) is 2.78. The third-order valence-corrected chi connectivity index (χ3v) is 2.78. The molecule has 102 valence electrons. The number of halogens is 2. The SMILES string of the molecule is Cl.Cl.O=C(NCCc1ccccn1)[C@@H]1CCCN1. The Morgan fingerprint density at radius 1 is 1.44 bits per heavy atom. The molecule has 1 aromatic rings. The second-order valence-corrected chi connectivity index (χ2v) is 4.01. The normalized spacial score (nSPS) is 17.4. The predicted molar refractivity (Wildman–Crippen MR) is 76.5 cm³/mol. The number of aromatic nitrogens is 1. The lowest BCUT2D eigenvalue weighted by Crippen LogP contribution is -2.41. The fourth-order valence-electron chi connectivity index (χ4n) is 1.89. The van der Waals surface area contributed by atoms with Crippen molar-refractivity contribution in [3.05, 3.63) is 30.1 Å². The van der Waals surface area contributed by atoms with Gasteiger partial charge in [0.05, 0.1) is 6.04 Å². The average molecular weight is 292 g/mol. The number of hydrogen-bond donors (Lipinski definition) is 2. The molecule has 1 amide bonds. The van der Waals surface area contributed by atoms with Crippen LogP contribution in [-0.2, 0) is 11.2 Å². The Labute approximate surface area is 120 Å². The number of amides is 1. The van der Waals surface area contributed by atoms with Crippen molar-refractivity contribution in [2.45, 2.75) is 25.3 Å². The first kappa shape index (κ1) is 17.2. The quantitative estimate of drug-likeness (QED) is 0.880. The van der Waals surface area contributed by atoms with Crippen molar-refractivity contribution in [1.29, 1.82) is 0 Å². The Morgan fingerprint density at radius 3 is 2.89 bits per heavy atom. The van der Waals surface area contributed by atoms with Crippen molar-refractivity contribution in [2.75, 3.05) is 13.1 Å². The van der Waals surface area contributed by atoms with Crippen LogP contribution in [0, 0.1) is 0 Å². The topological polar surface area (TPSA) is 54.0 Å². The van der Waals surface area contributed by atoms with Gasteiger partial charge in [0.1, 0.15) is 0 Å². The molecule has 6 heteroatoms. The Bertz CT molecular complexity index is 342. The van der Waals surface area contributed by atoms with Crippen molar-refractivity contribution in [3.63, 3.8) is 0 Å². The number of rotatable bonds is 4. The minimum atomic E-state index is 0. The molecule has 2 rings (SSSR count). The Hall–Kier alpha value is -0.840. The van der Waals surface area contributed by atoms with Crippen molar-refractivity contribution < 1.29 is 4.79 Å². The van der Waals surface area contributed by atoms with E-state index in [4.69, 9.17) is 0 Å². The van der Waals surface area contributed by atoms with E-state index in [1.54, 1.807) is 6.20 Å². The van der Waals surface area contributed by atoms with E-state index in [0.717, 1.165) is 31.5 Å². The van der Waals surface area contributed by atoms with E-state index in [1.807, 2.05) is 18.2 Å². The zero-order valence-electron chi connectivity index (χ0n) is 10.1. The number of hydrogen-bond acceptors (Lipinski definition) is 3. The van der Waals surface area contributed by atoms with Crippen LogP contribution in [0.3, 0.4) is 0 Å². The van der Waals surface area contributed by atoms with Crippen LogP contribution in [0.15, 0.2) is 24.4 Å². The zero-order chi connectivity index (χ0) is 11.2. The van der Waals surface area contributed by atoms with E-state index in [-0.39, 0.29) is 36.8 Å². The Balaban J connectivity index is 0.00000144. The van der Waals surface area contributed by atoms with Crippen LogP contribution >= 0.6 is 24.8 Å². The van der Waals surface area contributed by atoms with Crippen LogP contribution < -0.4 is 10.6 Å². The highest BCUT2D eigenvalue weighted by Gasteiger charge is 2.21. The highest BCUT2D eigenvalue weighted by Crippen LogP contribution is 2.04. The van der Waals surface area contributed by atoms with E-state index in [2.05, 4.69) is 15.6 Å². The summed E-state index contributed by atoms with van der Waals surface area (Å²) >= 11 is 0. The van der Waals surface area contributed by atoms with Crippen LogP contribution in [0.5, 0.6) is 0 Å². The lowest BCUT2D eigenvalue weighted by Gasteiger charge is -2.10. The van der Waals surface area contributed by atoms with E-state index in [1.165, 1.54) is 0 Å². The zero-order valence-corrected chi connectivity index (χ0v) is 11.7.